The van der Waals surface area contributed by atoms with E-state index in [1.807, 2.05) is 36.3 Å². The standard InChI is InChI=1S/C11H13N5/c1-16(8-9-3-2-6-13-7-9)11-5-4-10(12)14-15-11/h2-7H,8H2,1H3,(H2,12,14). The highest BCUT2D eigenvalue weighted by atomic mass is 15.3. The molecule has 0 bridgehead atoms. The Morgan fingerprint density at radius 2 is 2.12 bits per heavy atom. The predicted octanol–water partition coefficient (Wildman–Crippen LogP) is 1.09. The maximum Gasteiger partial charge on any atom is 0.151 e. The van der Waals surface area contributed by atoms with E-state index < -0.39 is 0 Å². The van der Waals surface area contributed by atoms with Crippen LogP contribution in [0.5, 0.6) is 0 Å². The molecule has 0 aliphatic heterocycles. The zero-order valence-electron chi connectivity index (χ0n) is 9.04. The number of nitrogens with two attached hydrogens (primary N) is 1. The molecule has 0 amide bonds. The van der Waals surface area contributed by atoms with Crippen LogP contribution in [0.25, 0.3) is 0 Å². The second kappa shape index (κ2) is 4.57. The summed E-state index contributed by atoms with van der Waals surface area (Å²) < 4.78 is 0. The van der Waals surface area contributed by atoms with Crippen LogP contribution >= 0.6 is 0 Å². The molecule has 0 saturated carbocycles. The van der Waals surface area contributed by atoms with E-state index >= 15 is 0 Å². The van der Waals surface area contributed by atoms with Gasteiger partial charge in [0.15, 0.2) is 5.82 Å². The summed E-state index contributed by atoms with van der Waals surface area (Å²) in [7, 11) is 1.95. The Morgan fingerprint density at radius 1 is 1.25 bits per heavy atom. The smallest absolute Gasteiger partial charge is 0.151 e. The van der Waals surface area contributed by atoms with Crippen molar-refractivity contribution in [3.05, 3.63) is 42.2 Å². The van der Waals surface area contributed by atoms with Crippen LogP contribution in [0.4, 0.5) is 11.6 Å². The van der Waals surface area contributed by atoms with E-state index in [0.717, 1.165) is 17.9 Å². The number of hydrogen-bond acceptors (Lipinski definition) is 5. The Bertz CT molecular complexity index is 440. The van der Waals surface area contributed by atoms with Gasteiger partial charge in [0.05, 0.1) is 0 Å². The van der Waals surface area contributed by atoms with Crippen molar-refractivity contribution in [2.24, 2.45) is 0 Å². The second-order valence-electron chi connectivity index (χ2n) is 3.53. The van der Waals surface area contributed by atoms with Crippen molar-refractivity contribution in [2.75, 3.05) is 17.7 Å². The van der Waals surface area contributed by atoms with Gasteiger partial charge in [-0.3, -0.25) is 4.98 Å². The molecule has 0 radical (unpaired) electrons. The van der Waals surface area contributed by atoms with Gasteiger partial charge in [-0.25, -0.2) is 0 Å². The SMILES string of the molecule is CN(Cc1cccnc1)c1ccc(N)nn1. The van der Waals surface area contributed by atoms with Gasteiger partial charge in [0.2, 0.25) is 0 Å². The molecule has 2 N–H and O–H groups in total. The molecule has 0 aliphatic rings. The minimum Gasteiger partial charge on any atom is -0.382 e. The topological polar surface area (TPSA) is 67.9 Å². The Hall–Kier alpha value is -2.17. The lowest BCUT2D eigenvalue weighted by molar-refractivity contribution is 0.865. The first-order valence-corrected chi connectivity index (χ1v) is 4.95. The summed E-state index contributed by atoms with van der Waals surface area (Å²) in [6, 6.07) is 7.52. The molecule has 0 aromatic carbocycles. The van der Waals surface area contributed by atoms with Gasteiger partial charge in [0, 0.05) is 26.0 Å². The first kappa shape index (κ1) is 10.4. The van der Waals surface area contributed by atoms with E-state index in [2.05, 4.69) is 15.2 Å². The molecule has 5 nitrogen and oxygen atoms in total. The Morgan fingerprint density at radius 3 is 2.75 bits per heavy atom. The fraction of sp³-hybridized carbons (Fsp3) is 0.182. The summed E-state index contributed by atoms with van der Waals surface area (Å²) in [4.78, 5) is 6.05. The van der Waals surface area contributed by atoms with E-state index in [0.29, 0.717) is 5.82 Å². The van der Waals surface area contributed by atoms with Gasteiger partial charge in [-0.05, 0) is 23.8 Å². The van der Waals surface area contributed by atoms with Crippen LogP contribution in [0.15, 0.2) is 36.7 Å². The van der Waals surface area contributed by atoms with E-state index in [1.54, 1.807) is 12.3 Å². The number of aromatic nitrogens is 3. The average Bonchev–Trinajstić information content (AvgIpc) is 2.31. The highest BCUT2D eigenvalue weighted by molar-refractivity contribution is 5.41. The van der Waals surface area contributed by atoms with Crippen LogP contribution in [0.1, 0.15) is 5.56 Å². The van der Waals surface area contributed by atoms with Crippen LogP contribution in [0, 0.1) is 0 Å². The van der Waals surface area contributed by atoms with Gasteiger partial charge in [0.1, 0.15) is 5.82 Å². The van der Waals surface area contributed by atoms with Gasteiger partial charge in [-0.1, -0.05) is 6.07 Å². The molecule has 0 spiro atoms. The molecule has 2 aromatic heterocycles. The number of nitrogens with zero attached hydrogens (tertiary/aromatic N) is 4. The van der Waals surface area contributed by atoms with Crippen LogP contribution < -0.4 is 10.6 Å². The van der Waals surface area contributed by atoms with Crippen molar-refractivity contribution in [2.45, 2.75) is 6.54 Å². The maximum absolute atomic E-state index is 5.48. The molecule has 2 heterocycles. The average molecular weight is 215 g/mol. The van der Waals surface area contributed by atoms with Crippen molar-refractivity contribution < 1.29 is 0 Å². The Labute approximate surface area is 93.9 Å². The molecular formula is C11H13N5. The van der Waals surface area contributed by atoms with Gasteiger partial charge in [-0.2, -0.15) is 0 Å². The minimum atomic E-state index is 0.429. The molecule has 5 heteroatoms. The quantitative estimate of drug-likeness (QED) is 0.830. The second-order valence-corrected chi connectivity index (χ2v) is 3.53. The number of pyridine rings is 1. The molecule has 16 heavy (non-hydrogen) atoms. The van der Waals surface area contributed by atoms with Crippen molar-refractivity contribution in [1.29, 1.82) is 0 Å². The number of nitrogen functional groups attached to an aromatic ring is 1. The van der Waals surface area contributed by atoms with Crippen LogP contribution in [0.3, 0.4) is 0 Å². The van der Waals surface area contributed by atoms with Crippen molar-refractivity contribution in [3.63, 3.8) is 0 Å². The van der Waals surface area contributed by atoms with Crippen LogP contribution in [-0.2, 0) is 6.54 Å². The van der Waals surface area contributed by atoms with E-state index in [9.17, 15) is 0 Å². The van der Waals surface area contributed by atoms with Crippen LogP contribution in [-0.4, -0.2) is 22.2 Å². The molecule has 0 unspecified atom stereocenters. The molecule has 0 saturated heterocycles. The Balaban J connectivity index is 2.09. The zero-order chi connectivity index (χ0) is 11.4. The summed E-state index contributed by atoms with van der Waals surface area (Å²) in [6.45, 7) is 0.742. The zero-order valence-corrected chi connectivity index (χ0v) is 9.04. The first-order chi connectivity index (χ1) is 7.75. The summed E-state index contributed by atoms with van der Waals surface area (Å²) in [6.07, 6.45) is 3.59. The maximum atomic E-state index is 5.48. The fourth-order valence-electron chi connectivity index (χ4n) is 1.39. The van der Waals surface area contributed by atoms with E-state index in [4.69, 9.17) is 5.73 Å². The van der Waals surface area contributed by atoms with Gasteiger partial charge in [-0.15, -0.1) is 10.2 Å². The largest absolute Gasteiger partial charge is 0.382 e. The van der Waals surface area contributed by atoms with Crippen molar-refractivity contribution >= 4 is 11.6 Å². The third kappa shape index (κ3) is 2.44. The molecule has 2 aromatic rings. The van der Waals surface area contributed by atoms with Crippen molar-refractivity contribution in [3.8, 4) is 0 Å². The molecule has 82 valence electrons. The fourth-order valence-corrected chi connectivity index (χ4v) is 1.39. The minimum absolute atomic E-state index is 0.429. The normalized spacial score (nSPS) is 10.1. The van der Waals surface area contributed by atoms with E-state index in [-0.39, 0.29) is 0 Å². The third-order valence-corrected chi connectivity index (χ3v) is 2.20. The number of anilines is 2. The number of rotatable bonds is 3. The first-order valence-electron chi connectivity index (χ1n) is 4.95. The summed E-state index contributed by atoms with van der Waals surface area (Å²) in [5.41, 5.74) is 6.61. The van der Waals surface area contributed by atoms with Gasteiger partial charge in [0.25, 0.3) is 0 Å². The van der Waals surface area contributed by atoms with Crippen molar-refractivity contribution in [1.82, 2.24) is 15.2 Å². The lowest BCUT2D eigenvalue weighted by Gasteiger charge is -2.17. The molecule has 0 aliphatic carbocycles. The molecule has 0 fully saturated rings. The van der Waals surface area contributed by atoms with E-state index in [1.165, 1.54) is 0 Å². The summed E-state index contributed by atoms with van der Waals surface area (Å²) in [5, 5.41) is 7.82. The van der Waals surface area contributed by atoms with Gasteiger partial charge >= 0.3 is 0 Å². The molecule has 0 atom stereocenters. The number of hydrogen-bond donors (Lipinski definition) is 1. The highest BCUT2D eigenvalue weighted by Crippen LogP contribution is 2.11. The van der Waals surface area contributed by atoms with Crippen LogP contribution in [0.2, 0.25) is 0 Å². The Kier molecular flexibility index (Phi) is 2.95. The molecular weight excluding hydrogens is 202 g/mol. The monoisotopic (exact) mass is 215 g/mol. The highest BCUT2D eigenvalue weighted by Gasteiger charge is 2.03. The predicted molar refractivity (Wildman–Crippen MR) is 62.8 cm³/mol. The lowest BCUT2D eigenvalue weighted by Crippen LogP contribution is -2.18. The molecule has 2 rings (SSSR count). The summed E-state index contributed by atoms with van der Waals surface area (Å²) in [5.74, 6) is 1.22. The third-order valence-electron chi connectivity index (χ3n) is 2.20. The summed E-state index contributed by atoms with van der Waals surface area (Å²) >= 11 is 0. The van der Waals surface area contributed by atoms with Gasteiger partial charge < -0.3 is 10.6 Å². The lowest BCUT2D eigenvalue weighted by atomic mass is 10.3.